The first-order valence-electron chi connectivity index (χ1n) is 5.50. The summed E-state index contributed by atoms with van der Waals surface area (Å²) >= 11 is 0. The predicted octanol–water partition coefficient (Wildman–Crippen LogP) is 4.02. The van der Waals surface area contributed by atoms with Crippen LogP contribution in [0.2, 0.25) is 0 Å². The molecule has 14 heavy (non-hydrogen) atoms. The minimum atomic E-state index is 0.555. The van der Waals surface area contributed by atoms with Crippen LogP contribution in [0.5, 0.6) is 0 Å². The second-order valence-corrected chi connectivity index (χ2v) is 4.23. The van der Waals surface area contributed by atoms with Crippen LogP contribution in [0.25, 0.3) is 0 Å². The predicted molar refractivity (Wildman–Crippen MR) is 63.9 cm³/mol. The monoisotopic (exact) mass is 191 g/mol. The third-order valence-electron chi connectivity index (χ3n) is 2.60. The summed E-state index contributed by atoms with van der Waals surface area (Å²) < 4.78 is 0. The van der Waals surface area contributed by atoms with E-state index in [1.165, 1.54) is 11.3 Å². The molecule has 0 aliphatic carbocycles. The fraction of sp³-hybridized carbons (Fsp3) is 0.538. The zero-order valence-corrected chi connectivity index (χ0v) is 9.67. The van der Waals surface area contributed by atoms with Crippen molar-refractivity contribution in [2.24, 2.45) is 0 Å². The third kappa shape index (κ3) is 3.06. The van der Waals surface area contributed by atoms with Crippen molar-refractivity contribution in [3.63, 3.8) is 0 Å². The number of anilines is 1. The second-order valence-electron chi connectivity index (χ2n) is 4.23. The molecule has 0 bridgehead atoms. The topological polar surface area (TPSA) is 12.0 Å². The van der Waals surface area contributed by atoms with Crippen LogP contribution in [-0.2, 0) is 0 Å². The van der Waals surface area contributed by atoms with Gasteiger partial charge in [-0.2, -0.15) is 0 Å². The molecule has 0 aliphatic heterocycles. The van der Waals surface area contributed by atoms with Crippen LogP contribution >= 0.6 is 0 Å². The molecule has 1 heteroatoms. The quantitative estimate of drug-likeness (QED) is 0.758. The summed E-state index contributed by atoms with van der Waals surface area (Å²) in [7, 11) is 0. The van der Waals surface area contributed by atoms with Crippen molar-refractivity contribution in [3.05, 3.63) is 29.8 Å². The summed E-state index contributed by atoms with van der Waals surface area (Å²) in [6.45, 7) is 8.84. The maximum atomic E-state index is 3.46. The Bertz CT molecular complexity index is 261. The van der Waals surface area contributed by atoms with E-state index in [-0.39, 0.29) is 0 Å². The fourth-order valence-electron chi connectivity index (χ4n) is 1.35. The highest BCUT2D eigenvalue weighted by atomic mass is 14.9. The van der Waals surface area contributed by atoms with Crippen molar-refractivity contribution in [2.45, 2.75) is 46.1 Å². The lowest BCUT2D eigenvalue weighted by molar-refractivity contribution is 0.764. The molecule has 0 unspecified atom stereocenters. The Morgan fingerprint density at radius 2 is 1.64 bits per heavy atom. The number of hydrogen-bond donors (Lipinski definition) is 1. The summed E-state index contributed by atoms with van der Waals surface area (Å²) in [5.74, 6) is 0.618. The second kappa shape index (κ2) is 5.04. The van der Waals surface area contributed by atoms with Crippen molar-refractivity contribution in [1.82, 2.24) is 0 Å². The lowest BCUT2D eigenvalue weighted by Gasteiger charge is -2.13. The number of nitrogens with one attached hydrogen (secondary N) is 1. The molecule has 0 fully saturated rings. The van der Waals surface area contributed by atoms with Crippen LogP contribution in [0.4, 0.5) is 5.69 Å². The summed E-state index contributed by atoms with van der Waals surface area (Å²) in [5.41, 5.74) is 2.63. The highest BCUT2D eigenvalue weighted by Gasteiger charge is 2.00. The van der Waals surface area contributed by atoms with Gasteiger partial charge in [0.1, 0.15) is 0 Å². The van der Waals surface area contributed by atoms with Crippen molar-refractivity contribution in [1.29, 1.82) is 0 Å². The van der Waals surface area contributed by atoms with E-state index < -0.39 is 0 Å². The molecular formula is C13H21N. The fourth-order valence-corrected chi connectivity index (χ4v) is 1.35. The zero-order chi connectivity index (χ0) is 10.6. The van der Waals surface area contributed by atoms with Gasteiger partial charge < -0.3 is 5.32 Å². The van der Waals surface area contributed by atoms with Gasteiger partial charge in [-0.15, -0.1) is 0 Å². The largest absolute Gasteiger partial charge is 0.383 e. The van der Waals surface area contributed by atoms with E-state index in [2.05, 4.69) is 57.3 Å². The molecule has 1 rings (SSSR count). The van der Waals surface area contributed by atoms with Crippen LogP contribution in [0, 0.1) is 0 Å². The van der Waals surface area contributed by atoms with Gasteiger partial charge in [0.15, 0.2) is 0 Å². The van der Waals surface area contributed by atoms with Crippen molar-refractivity contribution >= 4 is 5.69 Å². The van der Waals surface area contributed by atoms with Crippen LogP contribution in [0.15, 0.2) is 24.3 Å². The van der Waals surface area contributed by atoms with Gasteiger partial charge in [0.05, 0.1) is 0 Å². The highest BCUT2D eigenvalue weighted by molar-refractivity contribution is 5.45. The molecule has 1 N–H and O–H groups in total. The van der Waals surface area contributed by atoms with Crippen molar-refractivity contribution in [3.8, 4) is 0 Å². The number of rotatable bonds is 4. The van der Waals surface area contributed by atoms with Crippen LogP contribution in [0.1, 0.15) is 45.6 Å². The lowest BCUT2D eigenvalue weighted by atomic mass is 10.0. The van der Waals surface area contributed by atoms with E-state index >= 15 is 0 Å². The molecule has 0 amide bonds. The van der Waals surface area contributed by atoms with Crippen LogP contribution < -0.4 is 5.32 Å². The summed E-state index contributed by atoms with van der Waals surface area (Å²) in [4.78, 5) is 0. The van der Waals surface area contributed by atoms with E-state index in [1.54, 1.807) is 0 Å². The van der Waals surface area contributed by atoms with Gasteiger partial charge >= 0.3 is 0 Å². The standard InChI is InChI=1S/C13H21N/c1-5-11(4)14-13-8-6-12(7-9-13)10(2)3/h6-11,14H,5H2,1-4H3/t11-/m0/s1. The molecule has 1 nitrogen and oxygen atoms in total. The Balaban J connectivity index is 2.64. The Morgan fingerprint density at radius 1 is 1.07 bits per heavy atom. The van der Waals surface area contributed by atoms with Crippen molar-refractivity contribution < 1.29 is 0 Å². The first-order chi connectivity index (χ1) is 6.63. The van der Waals surface area contributed by atoms with Gasteiger partial charge in [-0.25, -0.2) is 0 Å². The molecular weight excluding hydrogens is 170 g/mol. The van der Waals surface area contributed by atoms with Gasteiger partial charge in [-0.1, -0.05) is 32.9 Å². The molecule has 0 saturated heterocycles. The molecule has 0 heterocycles. The number of benzene rings is 1. The Kier molecular flexibility index (Phi) is 3.99. The van der Waals surface area contributed by atoms with E-state index in [0.717, 1.165) is 6.42 Å². The van der Waals surface area contributed by atoms with Crippen LogP contribution in [0.3, 0.4) is 0 Å². The first kappa shape index (κ1) is 11.1. The van der Waals surface area contributed by atoms with Crippen molar-refractivity contribution in [2.75, 3.05) is 5.32 Å². The summed E-state index contributed by atoms with van der Waals surface area (Å²) in [5, 5.41) is 3.46. The molecule has 78 valence electrons. The summed E-state index contributed by atoms with van der Waals surface area (Å²) in [6.07, 6.45) is 1.16. The van der Waals surface area contributed by atoms with Crippen LogP contribution in [-0.4, -0.2) is 6.04 Å². The summed E-state index contributed by atoms with van der Waals surface area (Å²) in [6, 6.07) is 9.30. The Hall–Kier alpha value is -0.980. The molecule has 0 radical (unpaired) electrons. The van der Waals surface area contributed by atoms with E-state index in [1.807, 2.05) is 0 Å². The van der Waals surface area contributed by atoms with E-state index in [0.29, 0.717) is 12.0 Å². The average Bonchev–Trinajstić information content (AvgIpc) is 2.18. The van der Waals surface area contributed by atoms with Gasteiger partial charge in [0.2, 0.25) is 0 Å². The maximum absolute atomic E-state index is 3.46. The van der Waals surface area contributed by atoms with Gasteiger partial charge in [0.25, 0.3) is 0 Å². The minimum absolute atomic E-state index is 0.555. The Labute approximate surface area is 87.5 Å². The SMILES string of the molecule is CC[C@H](C)Nc1ccc(C(C)C)cc1. The van der Waals surface area contributed by atoms with Gasteiger partial charge in [0, 0.05) is 11.7 Å². The van der Waals surface area contributed by atoms with E-state index in [4.69, 9.17) is 0 Å². The van der Waals surface area contributed by atoms with Gasteiger partial charge in [-0.05, 0) is 37.0 Å². The lowest BCUT2D eigenvalue weighted by Crippen LogP contribution is -2.13. The molecule has 0 spiro atoms. The molecule has 0 aliphatic rings. The third-order valence-corrected chi connectivity index (χ3v) is 2.60. The molecule has 1 aromatic rings. The highest BCUT2D eigenvalue weighted by Crippen LogP contribution is 2.17. The smallest absolute Gasteiger partial charge is 0.0342 e. The number of hydrogen-bond acceptors (Lipinski definition) is 1. The zero-order valence-electron chi connectivity index (χ0n) is 9.67. The molecule has 1 aromatic carbocycles. The molecule has 0 aromatic heterocycles. The first-order valence-corrected chi connectivity index (χ1v) is 5.50. The normalized spacial score (nSPS) is 12.9. The van der Waals surface area contributed by atoms with E-state index in [9.17, 15) is 0 Å². The van der Waals surface area contributed by atoms with Gasteiger partial charge in [-0.3, -0.25) is 0 Å². The molecule has 1 atom stereocenters. The minimum Gasteiger partial charge on any atom is -0.383 e. The maximum Gasteiger partial charge on any atom is 0.0342 e. The molecule has 0 saturated carbocycles. The average molecular weight is 191 g/mol. The Morgan fingerprint density at radius 3 is 2.07 bits per heavy atom.